The number of thiazole rings is 1. The normalized spacial score (nSPS) is 11.1. The van der Waals surface area contributed by atoms with E-state index in [1.165, 1.54) is 15.9 Å². The number of nitrogens with one attached hydrogen (secondary N) is 1. The number of nitrogens with zero attached hydrogens (tertiary/aromatic N) is 5. The summed E-state index contributed by atoms with van der Waals surface area (Å²) in [5.74, 6) is 0.832. The van der Waals surface area contributed by atoms with Crippen LogP contribution in [0.25, 0.3) is 17.2 Å². The van der Waals surface area contributed by atoms with Crippen molar-refractivity contribution in [3.05, 3.63) is 63.5 Å². The van der Waals surface area contributed by atoms with Gasteiger partial charge in [0.05, 0.1) is 0 Å². The number of aromatic nitrogens is 5. The van der Waals surface area contributed by atoms with Crippen LogP contribution in [-0.4, -0.2) is 30.1 Å². The molecule has 3 aromatic heterocycles. The summed E-state index contributed by atoms with van der Waals surface area (Å²) in [4.78, 5) is 34.0. The molecule has 3 heterocycles. The molecule has 0 spiro atoms. The summed E-state index contributed by atoms with van der Waals surface area (Å²) in [5, 5.41) is 9.54. The van der Waals surface area contributed by atoms with Gasteiger partial charge in [0.1, 0.15) is 0 Å². The molecule has 4 rings (SSSR count). The number of amides is 1. The van der Waals surface area contributed by atoms with Gasteiger partial charge >= 0.3 is 0 Å². The van der Waals surface area contributed by atoms with Crippen molar-refractivity contribution < 1.29 is 4.79 Å². The minimum Gasteiger partial charge on any atom is -0.314 e. The van der Waals surface area contributed by atoms with Crippen LogP contribution in [0.3, 0.4) is 0 Å². The number of fused-ring (bicyclic) bond motifs is 1. The first-order valence-corrected chi connectivity index (χ1v) is 10.2. The van der Waals surface area contributed by atoms with Crippen molar-refractivity contribution in [1.82, 2.24) is 24.1 Å². The SMILES string of the molecule is CCn1c(C)c(CCC(=O)Nc2nccs2)c(=O)n2nc(-c3ccccc3)nc12. The van der Waals surface area contributed by atoms with E-state index in [-0.39, 0.29) is 17.9 Å². The molecule has 0 atom stereocenters. The van der Waals surface area contributed by atoms with Crippen molar-refractivity contribution in [2.75, 3.05) is 5.32 Å². The van der Waals surface area contributed by atoms with Gasteiger partial charge in [-0.15, -0.1) is 16.4 Å². The van der Waals surface area contributed by atoms with Gasteiger partial charge in [0.25, 0.3) is 5.56 Å². The van der Waals surface area contributed by atoms with Crippen molar-refractivity contribution >= 4 is 28.2 Å². The molecule has 0 aliphatic heterocycles. The second-order valence-corrected chi connectivity index (χ2v) is 7.41. The molecule has 9 heteroatoms. The maximum Gasteiger partial charge on any atom is 0.279 e. The first-order chi connectivity index (χ1) is 14.1. The first-order valence-electron chi connectivity index (χ1n) is 9.32. The largest absolute Gasteiger partial charge is 0.314 e. The zero-order valence-electron chi connectivity index (χ0n) is 16.1. The molecule has 0 fully saturated rings. The summed E-state index contributed by atoms with van der Waals surface area (Å²) < 4.78 is 3.29. The van der Waals surface area contributed by atoms with Gasteiger partial charge in [0, 0.05) is 41.4 Å². The molecule has 1 aromatic carbocycles. The van der Waals surface area contributed by atoms with Crippen molar-refractivity contribution in [3.63, 3.8) is 0 Å². The van der Waals surface area contributed by atoms with E-state index in [4.69, 9.17) is 0 Å². The Morgan fingerprint density at radius 1 is 1.24 bits per heavy atom. The predicted molar refractivity (Wildman–Crippen MR) is 112 cm³/mol. The fourth-order valence-electron chi connectivity index (χ4n) is 3.29. The number of rotatable bonds is 6. The maximum absolute atomic E-state index is 13.1. The van der Waals surface area contributed by atoms with Crippen LogP contribution in [-0.2, 0) is 17.8 Å². The number of hydrogen-bond donors (Lipinski definition) is 1. The lowest BCUT2D eigenvalue weighted by Gasteiger charge is -2.13. The van der Waals surface area contributed by atoms with Crippen LogP contribution >= 0.6 is 11.3 Å². The van der Waals surface area contributed by atoms with E-state index in [0.29, 0.717) is 35.3 Å². The predicted octanol–water partition coefficient (Wildman–Crippen LogP) is 2.91. The lowest BCUT2D eigenvalue weighted by atomic mass is 10.1. The number of hydrogen-bond acceptors (Lipinski definition) is 6. The third-order valence-corrected chi connectivity index (χ3v) is 5.44. The minimum atomic E-state index is -0.237. The van der Waals surface area contributed by atoms with E-state index in [0.717, 1.165) is 11.3 Å². The van der Waals surface area contributed by atoms with Crippen LogP contribution in [0.5, 0.6) is 0 Å². The smallest absolute Gasteiger partial charge is 0.279 e. The van der Waals surface area contributed by atoms with E-state index in [1.54, 1.807) is 11.6 Å². The molecule has 29 heavy (non-hydrogen) atoms. The molecule has 0 aliphatic carbocycles. The van der Waals surface area contributed by atoms with Gasteiger partial charge in [-0.05, 0) is 20.3 Å². The number of aryl methyl sites for hydroxylation is 1. The van der Waals surface area contributed by atoms with Gasteiger partial charge in [-0.25, -0.2) is 4.98 Å². The summed E-state index contributed by atoms with van der Waals surface area (Å²) >= 11 is 1.36. The summed E-state index contributed by atoms with van der Waals surface area (Å²) in [7, 11) is 0. The Morgan fingerprint density at radius 3 is 2.72 bits per heavy atom. The number of benzene rings is 1. The highest BCUT2D eigenvalue weighted by Crippen LogP contribution is 2.17. The van der Waals surface area contributed by atoms with Crippen molar-refractivity contribution in [1.29, 1.82) is 0 Å². The Labute approximate surface area is 170 Å². The quantitative estimate of drug-likeness (QED) is 0.529. The zero-order chi connectivity index (χ0) is 20.4. The Balaban J connectivity index is 1.69. The van der Waals surface area contributed by atoms with Gasteiger partial charge in [-0.3, -0.25) is 9.59 Å². The minimum absolute atomic E-state index is 0.175. The lowest BCUT2D eigenvalue weighted by Crippen LogP contribution is -2.27. The molecule has 0 bridgehead atoms. The molecule has 8 nitrogen and oxygen atoms in total. The molecule has 0 saturated heterocycles. The Bertz CT molecular complexity index is 1210. The Kier molecular flexibility index (Phi) is 5.22. The number of carbonyl (C=O) groups excluding carboxylic acids is 1. The molecular weight excluding hydrogens is 388 g/mol. The van der Waals surface area contributed by atoms with E-state index >= 15 is 0 Å². The maximum atomic E-state index is 13.1. The third-order valence-electron chi connectivity index (χ3n) is 4.75. The van der Waals surface area contributed by atoms with Gasteiger partial charge in [0.15, 0.2) is 11.0 Å². The van der Waals surface area contributed by atoms with E-state index < -0.39 is 0 Å². The highest BCUT2D eigenvalue weighted by atomic mass is 32.1. The number of anilines is 1. The van der Waals surface area contributed by atoms with Crippen LogP contribution in [0.1, 0.15) is 24.6 Å². The Hall–Kier alpha value is -3.33. The Morgan fingerprint density at radius 2 is 2.03 bits per heavy atom. The van der Waals surface area contributed by atoms with Crippen LogP contribution in [0.2, 0.25) is 0 Å². The average Bonchev–Trinajstić information content (AvgIpc) is 3.39. The zero-order valence-corrected chi connectivity index (χ0v) is 16.9. The highest BCUT2D eigenvalue weighted by Gasteiger charge is 2.18. The monoisotopic (exact) mass is 408 g/mol. The molecule has 0 saturated carbocycles. The van der Waals surface area contributed by atoms with Crippen LogP contribution in [0.4, 0.5) is 5.13 Å². The van der Waals surface area contributed by atoms with E-state index in [1.807, 2.05) is 48.7 Å². The molecular formula is C20H20N6O2S. The highest BCUT2D eigenvalue weighted by molar-refractivity contribution is 7.13. The second kappa shape index (κ2) is 7.96. The first kappa shape index (κ1) is 19.0. The molecule has 0 unspecified atom stereocenters. The van der Waals surface area contributed by atoms with Gasteiger partial charge in [0.2, 0.25) is 11.7 Å². The summed E-state index contributed by atoms with van der Waals surface area (Å²) in [6.45, 7) is 4.52. The fraction of sp³-hybridized carbons (Fsp3) is 0.250. The fourth-order valence-corrected chi connectivity index (χ4v) is 3.84. The van der Waals surface area contributed by atoms with Gasteiger partial charge in [-0.2, -0.15) is 9.50 Å². The molecule has 148 valence electrons. The summed E-state index contributed by atoms with van der Waals surface area (Å²) in [6.07, 6.45) is 2.14. The molecule has 1 N–H and O–H groups in total. The van der Waals surface area contributed by atoms with Crippen molar-refractivity contribution in [2.45, 2.75) is 33.2 Å². The molecule has 4 aromatic rings. The standard InChI is InChI=1S/C20H20N6O2S/c1-3-25-13(2)15(9-10-16(27)22-19-21-11-12-29-19)18(28)26-20(25)23-17(24-26)14-7-5-4-6-8-14/h4-8,11-12H,3,9-10H2,1-2H3,(H,21,22,27). The molecule has 1 amide bonds. The van der Waals surface area contributed by atoms with Gasteiger partial charge < -0.3 is 9.88 Å². The summed E-state index contributed by atoms with van der Waals surface area (Å²) in [6, 6.07) is 9.55. The van der Waals surface area contributed by atoms with Gasteiger partial charge in [-0.1, -0.05) is 30.3 Å². The van der Waals surface area contributed by atoms with Crippen LogP contribution in [0, 0.1) is 6.92 Å². The average molecular weight is 408 g/mol. The lowest BCUT2D eigenvalue weighted by molar-refractivity contribution is -0.116. The topological polar surface area (TPSA) is 94.2 Å². The summed E-state index contributed by atoms with van der Waals surface area (Å²) in [5.41, 5.74) is 1.98. The van der Waals surface area contributed by atoms with Crippen molar-refractivity contribution in [3.8, 4) is 11.4 Å². The molecule has 0 radical (unpaired) electrons. The second-order valence-electron chi connectivity index (χ2n) is 6.51. The van der Waals surface area contributed by atoms with E-state index in [9.17, 15) is 9.59 Å². The third kappa shape index (κ3) is 3.68. The molecule has 0 aliphatic rings. The van der Waals surface area contributed by atoms with Crippen LogP contribution in [0.15, 0.2) is 46.7 Å². The van der Waals surface area contributed by atoms with Crippen LogP contribution < -0.4 is 10.9 Å². The van der Waals surface area contributed by atoms with Crippen molar-refractivity contribution in [2.24, 2.45) is 0 Å². The number of carbonyl (C=O) groups is 1. The van der Waals surface area contributed by atoms with E-state index in [2.05, 4.69) is 20.4 Å².